The fraction of sp³-hybridized carbons (Fsp3) is 0.464. The fourth-order valence-electron chi connectivity index (χ4n) is 4.26. The number of benzene rings is 2. The number of ketones is 1. The van der Waals surface area contributed by atoms with Crippen molar-refractivity contribution in [3.63, 3.8) is 0 Å². The van der Waals surface area contributed by atoms with E-state index in [0.29, 0.717) is 47.4 Å². The van der Waals surface area contributed by atoms with Crippen LogP contribution < -0.4 is 10.6 Å². The first kappa shape index (κ1) is 28.7. The standard InChI is InChI=1S/C28H36BrN3O5/c1-5-17(23-11-19(28(2,3)4)12-24(29)26(23)36)9-21(34)13-32-27(37)18-6-16(7-20(33)10-18)8-25-30-14-22(35)15-31-25/h6-7,10-12,17,22,33,35-36H,5,8-9,13-15H2,1-4H3,(H,30,31)(H,32,37)/t17-/m1/s1. The Bertz CT molecular complexity index is 1190. The van der Waals surface area contributed by atoms with Gasteiger partial charge < -0.3 is 26.0 Å². The number of aromatic hydroxyl groups is 2. The molecule has 200 valence electrons. The summed E-state index contributed by atoms with van der Waals surface area (Å²) in [5, 5.41) is 36.0. The Labute approximate surface area is 226 Å². The van der Waals surface area contributed by atoms with Crippen molar-refractivity contribution in [2.24, 2.45) is 4.99 Å². The number of phenolic OH excluding ortho intramolecular Hbond substituents is 2. The molecule has 1 aliphatic rings. The number of carbonyl (C=O) groups excluding carboxylic acids is 2. The number of phenols is 2. The van der Waals surface area contributed by atoms with Gasteiger partial charge in [-0.15, -0.1) is 0 Å². The maximum absolute atomic E-state index is 12.8. The minimum atomic E-state index is -0.521. The van der Waals surface area contributed by atoms with E-state index in [-0.39, 0.29) is 47.1 Å². The first-order chi connectivity index (χ1) is 17.4. The third-order valence-electron chi connectivity index (χ3n) is 6.46. The highest BCUT2D eigenvalue weighted by Gasteiger charge is 2.24. The molecule has 2 aromatic carbocycles. The summed E-state index contributed by atoms with van der Waals surface area (Å²) in [6.07, 6.45) is 0.683. The number of amidine groups is 1. The molecule has 0 aliphatic carbocycles. The van der Waals surface area contributed by atoms with Gasteiger partial charge >= 0.3 is 0 Å². The highest BCUT2D eigenvalue weighted by atomic mass is 79.9. The Morgan fingerprint density at radius 3 is 2.54 bits per heavy atom. The molecule has 2 atom stereocenters. The second kappa shape index (κ2) is 12.1. The van der Waals surface area contributed by atoms with Crippen molar-refractivity contribution in [1.82, 2.24) is 10.6 Å². The van der Waals surface area contributed by atoms with Gasteiger partial charge in [0.15, 0.2) is 5.78 Å². The first-order valence-corrected chi connectivity index (χ1v) is 13.3. The Balaban J connectivity index is 1.65. The predicted octanol–water partition coefficient (Wildman–Crippen LogP) is 3.95. The topological polar surface area (TPSA) is 131 Å². The van der Waals surface area contributed by atoms with Gasteiger partial charge in [-0.1, -0.05) is 33.8 Å². The molecule has 0 saturated carbocycles. The summed E-state index contributed by atoms with van der Waals surface area (Å²) >= 11 is 3.44. The number of halogens is 1. The number of amides is 1. The summed E-state index contributed by atoms with van der Waals surface area (Å²) in [7, 11) is 0. The van der Waals surface area contributed by atoms with E-state index < -0.39 is 12.0 Å². The average Bonchev–Trinajstić information content (AvgIpc) is 2.83. The van der Waals surface area contributed by atoms with E-state index in [1.807, 2.05) is 19.1 Å². The lowest BCUT2D eigenvalue weighted by Gasteiger charge is -2.24. The maximum atomic E-state index is 12.8. The monoisotopic (exact) mass is 573 g/mol. The molecule has 3 rings (SSSR count). The summed E-state index contributed by atoms with van der Waals surface area (Å²) in [5.74, 6) is -0.0673. The van der Waals surface area contributed by atoms with Crippen molar-refractivity contribution < 1.29 is 24.9 Å². The van der Waals surface area contributed by atoms with Gasteiger partial charge in [-0.05, 0) is 74.6 Å². The number of β-amino-alcohol motifs (C(OH)–C–C–N with tert-alkyl or cyclic N) is 1. The quantitative estimate of drug-likeness (QED) is 0.308. The molecule has 5 N–H and O–H groups in total. The molecule has 0 spiro atoms. The van der Waals surface area contributed by atoms with Crippen LogP contribution in [0.2, 0.25) is 0 Å². The molecule has 1 heterocycles. The summed E-state index contributed by atoms with van der Waals surface area (Å²) in [6, 6.07) is 8.42. The summed E-state index contributed by atoms with van der Waals surface area (Å²) in [6.45, 7) is 8.79. The van der Waals surface area contributed by atoms with Gasteiger partial charge in [0.05, 0.1) is 23.7 Å². The molecule has 37 heavy (non-hydrogen) atoms. The van der Waals surface area contributed by atoms with Crippen LogP contribution in [0.4, 0.5) is 0 Å². The Kier molecular flexibility index (Phi) is 9.36. The van der Waals surface area contributed by atoms with Gasteiger partial charge in [-0.3, -0.25) is 14.6 Å². The molecule has 1 aliphatic heterocycles. The summed E-state index contributed by atoms with van der Waals surface area (Å²) < 4.78 is 0.597. The Morgan fingerprint density at radius 1 is 1.19 bits per heavy atom. The minimum Gasteiger partial charge on any atom is -0.508 e. The molecule has 0 radical (unpaired) electrons. The van der Waals surface area contributed by atoms with Gasteiger partial charge in [0, 0.05) is 24.9 Å². The van der Waals surface area contributed by atoms with Gasteiger partial charge in [-0.25, -0.2) is 0 Å². The van der Waals surface area contributed by atoms with Crippen LogP contribution in [0, 0.1) is 0 Å². The molecule has 8 nitrogen and oxygen atoms in total. The zero-order valence-electron chi connectivity index (χ0n) is 21.8. The highest BCUT2D eigenvalue weighted by molar-refractivity contribution is 9.10. The molecule has 9 heteroatoms. The number of nitrogens with zero attached hydrogens (tertiary/aromatic N) is 1. The number of aliphatic hydroxyl groups is 1. The first-order valence-electron chi connectivity index (χ1n) is 12.5. The summed E-state index contributed by atoms with van der Waals surface area (Å²) in [5.41, 5.74) is 2.57. The minimum absolute atomic E-state index is 0.0590. The van der Waals surface area contributed by atoms with Crippen LogP contribution in [0.1, 0.15) is 73.5 Å². The van der Waals surface area contributed by atoms with Crippen LogP contribution in [0.5, 0.6) is 11.5 Å². The number of Topliss-reactive ketones (excluding diaryl/α,β-unsaturated/α-hetero) is 1. The lowest BCUT2D eigenvalue weighted by atomic mass is 9.82. The largest absolute Gasteiger partial charge is 0.508 e. The molecular weight excluding hydrogens is 538 g/mol. The Morgan fingerprint density at radius 2 is 1.92 bits per heavy atom. The van der Waals surface area contributed by atoms with Crippen molar-refractivity contribution in [2.75, 3.05) is 19.6 Å². The maximum Gasteiger partial charge on any atom is 0.251 e. The van der Waals surface area contributed by atoms with E-state index in [2.05, 4.69) is 52.3 Å². The van der Waals surface area contributed by atoms with Crippen LogP contribution in [0.25, 0.3) is 0 Å². The second-order valence-electron chi connectivity index (χ2n) is 10.6. The molecule has 2 aromatic rings. The molecule has 1 unspecified atom stereocenters. The smallest absolute Gasteiger partial charge is 0.251 e. The third-order valence-corrected chi connectivity index (χ3v) is 7.06. The van der Waals surface area contributed by atoms with Crippen LogP contribution in [-0.2, 0) is 16.6 Å². The van der Waals surface area contributed by atoms with Crippen LogP contribution in [0.3, 0.4) is 0 Å². The van der Waals surface area contributed by atoms with Crippen LogP contribution in [-0.4, -0.2) is 58.6 Å². The van der Waals surface area contributed by atoms with Crippen molar-refractivity contribution in [1.29, 1.82) is 0 Å². The number of hydrogen-bond acceptors (Lipinski definition) is 7. The lowest BCUT2D eigenvalue weighted by Crippen LogP contribution is -2.39. The SMILES string of the molecule is CC[C@H](CC(=O)CNC(=O)c1cc(O)cc(CC2=NCC(O)CN2)c1)c1cc(C(C)(C)C)cc(Br)c1O. The van der Waals surface area contributed by atoms with E-state index in [1.54, 1.807) is 12.1 Å². The van der Waals surface area contributed by atoms with E-state index in [0.717, 1.165) is 5.56 Å². The van der Waals surface area contributed by atoms with E-state index >= 15 is 0 Å². The second-order valence-corrected chi connectivity index (χ2v) is 11.4. The summed E-state index contributed by atoms with van der Waals surface area (Å²) in [4.78, 5) is 29.9. The Hall–Kier alpha value is -2.91. The number of nitrogens with one attached hydrogen (secondary N) is 2. The van der Waals surface area contributed by atoms with Crippen molar-refractivity contribution in [2.45, 2.75) is 64.4 Å². The number of rotatable bonds is 9. The fourth-order valence-corrected chi connectivity index (χ4v) is 4.73. The molecular formula is C28H36BrN3O5. The number of aliphatic hydroxyl groups excluding tert-OH is 1. The van der Waals surface area contributed by atoms with Gasteiger partial charge in [0.1, 0.15) is 17.3 Å². The lowest BCUT2D eigenvalue weighted by molar-refractivity contribution is -0.118. The van der Waals surface area contributed by atoms with Gasteiger partial charge in [-0.2, -0.15) is 0 Å². The predicted molar refractivity (Wildman–Crippen MR) is 148 cm³/mol. The third kappa shape index (κ3) is 7.79. The zero-order valence-corrected chi connectivity index (χ0v) is 23.4. The number of hydrogen-bond donors (Lipinski definition) is 5. The number of aliphatic imine (C=N–C) groups is 1. The van der Waals surface area contributed by atoms with Crippen molar-refractivity contribution in [3.05, 3.63) is 57.1 Å². The average molecular weight is 575 g/mol. The van der Waals surface area contributed by atoms with E-state index in [9.17, 15) is 24.9 Å². The van der Waals surface area contributed by atoms with Crippen LogP contribution in [0.15, 0.2) is 39.8 Å². The van der Waals surface area contributed by atoms with Crippen LogP contribution >= 0.6 is 15.9 Å². The molecule has 0 bridgehead atoms. The van der Waals surface area contributed by atoms with E-state index in [4.69, 9.17) is 0 Å². The normalized spacial score (nSPS) is 16.5. The number of carbonyl (C=O) groups is 2. The van der Waals surface area contributed by atoms with Gasteiger partial charge in [0.2, 0.25) is 0 Å². The molecule has 1 amide bonds. The van der Waals surface area contributed by atoms with Gasteiger partial charge in [0.25, 0.3) is 5.91 Å². The zero-order chi connectivity index (χ0) is 27.3. The highest BCUT2D eigenvalue weighted by Crippen LogP contribution is 2.40. The van der Waals surface area contributed by atoms with E-state index in [1.165, 1.54) is 6.07 Å². The van der Waals surface area contributed by atoms with Crippen molar-refractivity contribution >= 4 is 33.5 Å². The van der Waals surface area contributed by atoms with Crippen molar-refractivity contribution in [3.8, 4) is 11.5 Å². The molecule has 0 fully saturated rings. The molecule has 0 aromatic heterocycles. The molecule has 0 saturated heterocycles.